The molecule has 31 heavy (non-hydrogen) atoms. The second-order valence-corrected chi connectivity index (χ2v) is 8.38. The quantitative estimate of drug-likeness (QED) is 0.595. The molecule has 2 aromatic carbocycles. The summed E-state index contributed by atoms with van der Waals surface area (Å²) in [5, 5.41) is 5.97. The largest absolute Gasteiger partial charge is 0.366 e. The number of nitrogens with one attached hydrogen (secondary N) is 1. The Labute approximate surface area is 185 Å². The van der Waals surface area contributed by atoms with Crippen LogP contribution in [0.2, 0.25) is 0 Å². The van der Waals surface area contributed by atoms with Crippen molar-refractivity contribution < 1.29 is 9.59 Å². The number of carbonyl (C=O) groups excluding carboxylic acids is 2. The Bertz CT molecular complexity index is 1040. The molecule has 0 aliphatic carbocycles. The van der Waals surface area contributed by atoms with Crippen LogP contribution in [-0.2, 0) is 11.3 Å². The number of aromatic nitrogens is 1. The number of primary amides is 1. The third-order valence-corrected chi connectivity index (χ3v) is 6.20. The Hall–Kier alpha value is -3.07. The predicted octanol–water partition coefficient (Wildman–Crippen LogP) is 2.67. The Balaban J connectivity index is 1.25. The minimum Gasteiger partial charge on any atom is -0.366 e. The number of nitrogens with zero attached hydrogens (tertiary/aromatic N) is 3. The van der Waals surface area contributed by atoms with E-state index in [9.17, 15) is 9.59 Å². The molecule has 160 valence electrons. The average Bonchev–Trinajstić information content (AvgIpc) is 3.24. The number of benzene rings is 2. The molecule has 8 heteroatoms. The molecule has 1 aliphatic heterocycles. The van der Waals surface area contributed by atoms with Crippen LogP contribution in [0.3, 0.4) is 0 Å². The van der Waals surface area contributed by atoms with Gasteiger partial charge in [0.25, 0.3) is 5.91 Å². The third-order valence-electron chi connectivity index (χ3n) is 5.26. The molecule has 1 saturated heterocycles. The van der Waals surface area contributed by atoms with Gasteiger partial charge < -0.3 is 11.1 Å². The number of hydrogen-bond acceptors (Lipinski definition) is 6. The first-order valence-corrected chi connectivity index (χ1v) is 11.1. The van der Waals surface area contributed by atoms with Crippen molar-refractivity contribution in [2.24, 2.45) is 5.73 Å². The number of anilines is 1. The summed E-state index contributed by atoms with van der Waals surface area (Å²) in [5.74, 6) is -0.698. The lowest BCUT2D eigenvalue weighted by Crippen LogP contribution is -2.48. The molecule has 3 aromatic rings. The zero-order chi connectivity index (χ0) is 21.6. The van der Waals surface area contributed by atoms with Crippen molar-refractivity contribution >= 4 is 28.8 Å². The fraction of sp³-hybridized carbons (Fsp3) is 0.261. The number of amides is 2. The highest BCUT2D eigenvalue weighted by molar-refractivity contribution is 7.13. The molecular weight excluding hydrogens is 410 g/mol. The van der Waals surface area contributed by atoms with E-state index in [0.29, 0.717) is 11.3 Å². The fourth-order valence-corrected chi connectivity index (χ4v) is 4.44. The first-order valence-electron chi connectivity index (χ1n) is 10.2. The van der Waals surface area contributed by atoms with Gasteiger partial charge in [0.2, 0.25) is 5.91 Å². The highest BCUT2D eigenvalue weighted by atomic mass is 32.1. The molecular formula is C23H25N5O2S. The zero-order valence-corrected chi connectivity index (χ0v) is 18.0. The van der Waals surface area contributed by atoms with Gasteiger partial charge >= 0.3 is 0 Å². The van der Waals surface area contributed by atoms with Crippen LogP contribution >= 0.6 is 11.3 Å². The third kappa shape index (κ3) is 5.55. The molecule has 1 fully saturated rings. The number of carbonyl (C=O) groups is 2. The minimum absolute atomic E-state index is 0.144. The van der Waals surface area contributed by atoms with Crippen molar-refractivity contribution in [3.05, 3.63) is 71.2 Å². The van der Waals surface area contributed by atoms with E-state index in [1.54, 1.807) is 35.6 Å². The topological polar surface area (TPSA) is 91.6 Å². The van der Waals surface area contributed by atoms with Crippen molar-refractivity contribution in [2.75, 3.05) is 38.0 Å². The van der Waals surface area contributed by atoms with Crippen molar-refractivity contribution in [1.29, 1.82) is 0 Å². The summed E-state index contributed by atoms with van der Waals surface area (Å²) in [6, 6.07) is 17.0. The van der Waals surface area contributed by atoms with Crippen molar-refractivity contribution in [1.82, 2.24) is 14.8 Å². The molecule has 1 aromatic heterocycles. The first kappa shape index (κ1) is 21.2. The van der Waals surface area contributed by atoms with Gasteiger partial charge in [-0.15, -0.1) is 11.3 Å². The Morgan fingerprint density at radius 1 is 0.968 bits per heavy atom. The summed E-state index contributed by atoms with van der Waals surface area (Å²) in [5.41, 5.74) is 8.38. The number of thiazole rings is 1. The van der Waals surface area contributed by atoms with Crippen LogP contribution in [0, 0.1) is 0 Å². The average molecular weight is 436 g/mol. The summed E-state index contributed by atoms with van der Waals surface area (Å²) in [4.78, 5) is 33.2. The van der Waals surface area contributed by atoms with E-state index < -0.39 is 5.91 Å². The predicted molar refractivity (Wildman–Crippen MR) is 123 cm³/mol. The van der Waals surface area contributed by atoms with E-state index in [1.807, 2.05) is 18.2 Å². The Morgan fingerprint density at radius 2 is 1.65 bits per heavy atom. The lowest BCUT2D eigenvalue weighted by Gasteiger charge is -2.33. The van der Waals surface area contributed by atoms with Crippen LogP contribution in [0.15, 0.2) is 60.0 Å². The molecule has 4 rings (SSSR count). The molecule has 7 nitrogen and oxygen atoms in total. The number of piperazine rings is 1. The Morgan fingerprint density at radius 3 is 2.39 bits per heavy atom. The number of nitrogens with two attached hydrogens (primary N) is 1. The summed E-state index contributed by atoms with van der Waals surface area (Å²) < 4.78 is 0. The molecule has 0 atom stereocenters. The van der Waals surface area contributed by atoms with E-state index in [1.165, 1.54) is 0 Å². The number of hydrogen-bond donors (Lipinski definition) is 2. The van der Waals surface area contributed by atoms with Crippen LogP contribution in [0.5, 0.6) is 0 Å². The van der Waals surface area contributed by atoms with E-state index in [0.717, 1.165) is 49.0 Å². The standard InChI is InChI=1S/C23H25N5O2S/c24-22(30)19-8-4-5-9-20(19)26-21(29)15-28-12-10-27(11-13-28)14-18-16-31-23(25-18)17-6-2-1-3-7-17/h1-9,16H,10-15H2,(H2,24,30)(H,26,29). The summed E-state index contributed by atoms with van der Waals surface area (Å²) in [6.07, 6.45) is 0. The molecule has 0 unspecified atom stereocenters. The summed E-state index contributed by atoms with van der Waals surface area (Å²) in [7, 11) is 0. The second kappa shape index (κ2) is 9.82. The van der Waals surface area contributed by atoms with Crippen molar-refractivity contribution in [2.45, 2.75) is 6.54 Å². The maximum Gasteiger partial charge on any atom is 0.250 e. The van der Waals surface area contributed by atoms with E-state index in [2.05, 4.69) is 32.6 Å². The summed E-state index contributed by atoms with van der Waals surface area (Å²) in [6.45, 7) is 4.47. The SMILES string of the molecule is NC(=O)c1ccccc1NC(=O)CN1CCN(Cc2csc(-c3ccccc3)n2)CC1. The van der Waals surface area contributed by atoms with Crippen LogP contribution in [-0.4, -0.2) is 59.3 Å². The van der Waals surface area contributed by atoms with Gasteiger partial charge in [0.15, 0.2) is 0 Å². The second-order valence-electron chi connectivity index (χ2n) is 7.52. The zero-order valence-electron chi connectivity index (χ0n) is 17.2. The van der Waals surface area contributed by atoms with Crippen LogP contribution in [0.1, 0.15) is 16.1 Å². The lowest BCUT2D eigenvalue weighted by atomic mass is 10.1. The van der Waals surface area contributed by atoms with E-state index in [-0.39, 0.29) is 12.5 Å². The molecule has 2 amide bonds. The molecule has 0 bridgehead atoms. The normalized spacial score (nSPS) is 15.0. The fourth-order valence-electron chi connectivity index (χ4n) is 3.63. The molecule has 2 heterocycles. The number of para-hydroxylation sites is 1. The van der Waals surface area contributed by atoms with Gasteiger partial charge in [0.1, 0.15) is 5.01 Å². The number of rotatable bonds is 7. The molecule has 0 saturated carbocycles. The Kier molecular flexibility index (Phi) is 6.71. The van der Waals surface area contributed by atoms with Gasteiger partial charge in [-0.05, 0) is 12.1 Å². The van der Waals surface area contributed by atoms with Gasteiger partial charge in [0.05, 0.1) is 23.5 Å². The van der Waals surface area contributed by atoms with Gasteiger partial charge in [0, 0.05) is 43.7 Å². The lowest BCUT2D eigenvalue weighted by molar-refractivity contribution is -0.117. The van der Waals surface area contributed by atoms with Gasteiger partial charge in [-0.2, -0.15) is 0 Å². The molecule has 3 N–H and O–H groups in total. The van der Waals surface area contributed by atoms with Crippen LogP contribution in [0.25, 0.3) is 10.6 Å². The summed E-state index contributed by atoms with van der Waals surface area (Å²) >= 11 is 1.67. The molecule has 0 radical (unpaired) electrons. The first-order chi connectivity index (χ1) is 15.1. The maximum absolute atomic E-state index is 12.4. The smallest absolute Gasteiger partial charge is 0.250 e. The van der Waals surface area contributed by atoms with Crippen LogP contribution in [0.4, 0.5) is 5.69 Å². The van der Waals surface area contributed by atoms with Gasteiger partial charge in [-0.1, -0.05) is 42.5 Å². The molecule has 0 spiro atoms. The van der Waals surface area contributed by atoms with Crippen molar-refractivity contribution in [3.63, 3.8) is 0 Å². The van der Waals surface area contributed by atoms with Crippen molar-refractivity contribution in [3.8, 4) is 10.6 Å². The van der Waals surface area contributed by atoms with E-state index in [4.69, 9.17) is 10.7 Å². The highest BCUT2D eigenvalue weighted by Gasteiger charge is 2.20. The van der Waals surface area contributed by atoms with E-state index >= 15 is 0 Å². The minimum atomic E-state index is -0.554. The molecule has 1 aliphatic rings. The monoisotopic (exact) mass is 435 g/mol. The van der Waals surface area contributed by atoms with Gasteiger partial charge in [-0.25, -0.2) is 4.98 Å². The van der Waals surface area contributed by atoms with Crippen LogP contribution < -0.4 is 11.1 Å². The maximum atomic E-state index is 12.4. The van der Waals surface area contributed by atoms with Gasteiger partial charge in [-0.3, -0.25) is 19.4 Å². The highest BCUT2D eigenvalue weighted by Crippen LogP contribution is 2.24.